The highest BCUT2D eigenvalue weighted by Crippen LogP contribution is 2.61. The quantitative estimate of drug-likeness (QED) is 0.397. The summed E-state index contributed by atoms with van der Waals surface area (Å²) in [5.74, 6) is 1.08. The van der Waals surface area contributed by atoms with Gasteiger partial charge in [-0.05, 0) is 53.7 Å². The van der Waals surface area contributed by atoms with Crippen molar-refractivity contribution in [1.82, 2.24) is 15.6 Å². The summed E-state index contributed by atoms with van der Waals surface area (Å²) < 4.78 is 0. The van der Waals surface area contributed by atoms with Crippen LogP contribution < -0.4 is 10.6 Å². The van der Waals surface area contributed by atoms with Gasteiger partial charge in [0.1, 0.15) is 4.83 Å². The first-order valence-corrected chi connectivity index (χ1v) is 11.3. The van der Waals surface area contributed by atoms with Crippen molar-refractivity contribution in [1.29, 1.82) is 5.41 Å². The smallest absolute Gasteiger partial charge is 0.240 e. The predicted octanol–water partition coefficient (Wildman–Crippen LogP) is 2.74. The van der Waals surface area contributed by atoms with Gasteiger partial charge in [0.15, 0.2) is 0 Å². The number of rotatable bonds is 8. The van der Waals surface area contributed by atoms with Gasteiger partial charge in [-0.25, -0.2) is 0 Å². The van der Waals surface area contributed by atoms with E-state index in [9.17, 15) is 9.59 Å². The highest BCUT2D eigenvalue weighted by Gasteiger charge is 2.56. The Morgan fingerprint density at radius 3 is 2.63 bits per heavy atom. The minimum Gasteiger partial charge on any atom is -0.350 e. The number of carbonyl (C=O) groups is 2. The van der Waals surface area contributed by atoms with E-state index in [1.807, 2.05) is 12.1 Å². The Morgan fingerprint density at radius 2 is 2.03 bits per heavy atom. The molecule has 0 saturated heterocycles. The van der Waals surface area contributed by atoms with Crippen molar-refractivity contribution >= 4 is 39.7 Å². The number of carbonyl (C=O) groups excluding carboxylic acids is 2. The molecule has 3 fully saturated rings. The fraction of sp³-hybridized carbons (Fsp3) is 0.591. The minimum absolute atomic E-state index is 0.129. The van der Waals surface area contributed by atoms with Crippen molar-refractivity contribution in [3.63, 3.8) is 0 Å². The van der Waals surface area contributed by atoms with Gasteiger partial charge in [0.05, 0.1) is 18.3 Å². The first-order valence-electron chi connectivity index (χ1n) is 10.4. The molecule has 3 N–H and O–H groups in total. The lowest BCUT2D eigenvalue weighted by atomic mass is 9.45. The first-order chi connectivity index (χ1) is 14.2. The average molecular weight is 476 g/mol. The lowest BCUT2D eigenvalue weighted by molar-refractivity contribution is -0.125. The molecule has 30 heavy (non-hydrogen) atoms. The van der Waals surface area contributed by atoms with Gasteiger partial charge in [0, 0.05) is 25.2 Å². The number of hydrogen-bond donors (Lipinski definition) is 3. The van der Waals surface area contributed by atoms with Crippen LogP contribution >= 0.6 is 15.9 Å². The van der Waals surface area contributed by atoms with Crippen LogP contribution in [-0.2, 0) is 16.1 Å². The Hall–Kier alpha value is -2.09. The zero-order valence-corrected chi connectivity index (χ0v) is 19.3. The van der Waals surface area contributed by atoms with Crippen molar-refractivity contribution < 1.29 is 9.59 Å². The molecular weight excluding hydrogens is 446 g/mol. The third-order valence-corrected chi connectivity index (χ3v) is 7.81. The molecular formula is C22H30BrN5O2. The first kappa shape index (κ1) is 22.6. The van der Waals surface area contributed by atoms with Crippen molar-refractivity contribution in [3.05, 3.63) is 30.1 Å². The fourth-order valence-corrected chi connectivity index (χ4v) is 5.23. The molecule has 2 amide bonds. The summed E-state index contributed by atoms with van der Waals surface area (Å²) in [4.78, 5) is 32.5. The third kappa shape index (κ3) is 4.79. The topological polar surface area (TPSA) is 107 Å². The zero-order chi connectivity index (χ0) is 21.9. The number of alkyl halides is 1. The number of nitrogens with zero attached hydrogens (tertiary/aromatic N) is 2. The number of aromatic nitrogens is 1. The van der Waals surface area contributed by atoms with Crippen LogP contribution in [0, 0.1) is 28.6 Å². The van der Waals surface area contributed by atoms with Crippen molar-refractivity contribution in [3.8, 4) is 0 Å². The molecule has 0 radical (unpaired) electrons. The highest BCUT2D eigenvalue weighted by molar-refractivity contribution is 9.10. The Morgan fingerprint density at radius 1 is 1.33 bits per heavy atom. The lowest BCUT2D eigenvalue weighted by Gasteiger charge is -2.61. The van der Waals surface area contributed by atoms with E-state index >= 15 is 0 Å². The molecule has 3 aliphatic rings. The average Bonchev–Trinajstić information content (AvgIpc) is 2.75. The van der Waals surface area contributed by atoms with Crippen molar-refractivity contribution in [2.45, 2.75) is 51.0 Å². The molecule has 1 heterocycles. The van der Waals surface area contributed by atoms with E-state index in [1.54, 1.807) is 12.4 Å². The van der Waals surface area contributed by atoms with Crippen LogP contribution in [0.1, 0.15) is 39.2 Å². The molecule has 3 saturated carbocycles. The number of hydrogen-bond acceptors (Lipinski definition) is 5. The maximum absolute atomic E-state index is 12.5. The van der Waals surface area contributed by atoms with Crippen molar-refractivity contribution in [2.75, 3.05) is 6.54 Å². The Kier molecular flexibility index (Phi) is 7.06. The molecule has 162 valence electrons. The maximum Gasteiger partial charge on any atom is 0.240 e. The summed E-state index contributed by atoms with van der Waals surface area (Å²) in [6, 6.07) is 3.77. The van der Waals surface area contributed by atoms with E-state index in [0.717, 1.165) is 18.2 Å². The molecule has 7 nitrogen and oxygen atoms in total. The molecule has 5 atom stereocenters. The van der Waals surface area contributed by atoms with Gasteiger partial charge in [-0.1, -0.05) is 36.7 Å². The number of aliphatic imine (C=N–C) groups is 1. The van der Waals surface area contributed by atoms with Crippen LogP contribution in [0.4, 0.5) is 0 Å². The molecule has 3 aliphatic carbocycles. The van der Waals surface area contributed by atoms with E-state index in [4.69, 9.17) is 10.4 Å². The second-order valence-electron chi connectivity index (χ2n) is 8.93. The van der Waals surface area contributed by atoms with Crippen LogP contribution in [0.3, 0.4) is 0 Å². The van der Waals surface area contributed by atoms with Crippen LogP contribution in [0.5, 0.6) is 0 Å². The van der Waals surface area contributed by atoms with E-state index in [-0.39, 0.29) is 24.4 Å². The molecule has 2 bridgehead atoms. The van der Waals surface area contributed by atoms with Gasteiger partial charge < -0.3 is 16.0 Å². The number of amides is 2. The van der Waals surface area contributed by atoms with Gasteiger partial charge in [-0.2, -0.15) is 0 Å². The molecule has 1 aromatic heterocycles. The molecule has 4 rings (SSSR count). The largest absolute Gasteiger partial charge is 0.350 e. The molecule has 0 aliphatic heterocycles. The SMILES string of the molecule is C[C@@H]1[C@H](N=C(C=N)C(Br)C(=O)NCC(=O)NCc2ccncc2)C[C@H]2C[C@@H]1C2(C)C. The molecule has 1 unspecified atom stereocenters. The van der Waals surface area contributed by atoms with E-state index in [0.29, 0.717) is 35.4 Å². The molecule has 0 spiro atoms. The van der Waals surface area contributed by atoms with Crippen LogP contribution in [-0.4, -0.2) is 46.1 Å². The maximum atomic E-state index is 12.5. The van der Waals surface area contributed by atoms with Gasteiger partial charge >= 0.3 is 0 Å². The highest BCUT2D eigenvalue weighted by atomic mass is 79.9. The van der Waals surface area contributed by atoms with Gasteiger partial charge in [0.25, 0.3) is 0 Å². The van der Waals surface area contributed by atoms with Crippen LogP contribution in [0.25, 0.3) is 0 Å². The Labute approximate surface area is 186 Å². The predicted molar refractivity (Wildman–Crippen MR) is 121 cm³/mol. The number of halogens is 1. The normalized spacial score (nSPS) is 28.1. The zero-order valence-electron chi connectivity index (χ0n) is 17.7. The standard InChI is InChI=1S/C22H30BrN5O2/c1-13-16-8-15(22(16,2)3)9-17(13)28-18(10-24)20(23)21(30)27-12-19(29)26-11-14-4-6-25-7-5-14/h4-7,10,13,15-17,20,24H,8-9,11-12H2,1-3H3,(H,26,29)(H,27,30)/t13-,15+,16-,17+,20?/m0/s1. The minimum atomic E-state index is -0.749. The molecule has 1 aromatic rings. The molecule has 8 heteroatoms. The fourth-order valence-electron chi connectivity index (χ4n) is 4.82. The Balaban J connectivity index is 1.51. The van der Waals surface area contributed by atoms with E-state index in [1.165, 1.54) is 6.42 Å². The van der Waals surface area contributed by atoms with Gasteiger partial charge in [-0.15, -0.1) is 0 Å². The van der Waals surface area contributed by atoms with Crippen LogP contribution in [0.15, 0.2) is 29.5 Å². The summed E-state index contributed by atoms with van der Waals surface area (Å²) >= 11 is 3.36. The summed E-state index contributed by atoms with van der Waals surface area (Å²) in [5, 5.41) is 13.1. The lowest BCUT2D eigenvalue weighted by Crippen LogP contribution is -2.56. The van der Waals surface area contributed by atoms with E-state index < -0.39 is 4.83 Å². The summed E-state index contributed by atoms with van der Waals surface area (Å²) in [6.45, 7) is 7.14. The monoisotopic (exact) mass is 475 g/mol. The Bertz CT molecular complexity index is 826. The van der Waals surface area contributed by atoms with Crippen LogP contribution in [0.2, 0.25) is 0 Å². The number of nitrogens with one attached hydrogen (secondary N) is 3. The summed E-state index contributed by atoms with van der Waals surface area (Å²) in [6.07, 6.45) is 6.72. The summed E-state index contributed by atoms with van der Waals surface area (Å²) in [7, 11) is 0. The molecule has 0 aromatic carbocycles. The number of pyridine rings is 1. The van der Waals surface area contributed by atoms with E-state index in [2.05, 4.69) is 52.3 Å². The van der Waals surface area contributed by atoms with Crippen molar-refractivity contribution in [2.24, 2.45) is 28.2 Å². The second-order valence-corrected chi connectivity index (χ2v) is 9.85. The number of fused-ring (bicyclic) bond motifs is 2. The summed E-state index contributed by atoms with van der Waals surface area (Å²) in [5.41, 5.74) is 1.70. The van der Waals surface area contributed by atoms with Gasteiger partial charge in [-0.3, -0.25) is 19.6 Å². The second kappa shape index (κ2) is 9.37. The third-order valence-electron chi connectivity index (χ3n) is 6.93. The van der Waals surface area contributed by atoms with Gasteiger partial charge in [0.2, 0.25) is 11.8 Å².